The van der Waals surface area contributed by atoms with E-state index in [0.29, 0.717) is 17.5 Å². The van der Waals surface area contributed by atoms with E-state index in [1.165, 1.54) is 6.42 Å². The van der Waals surface area contributed by atoms with Crippen LogP contribution in [0.4, 0.5) is 0 Å². The molecule has 7 heteroatoms. The summed E-state index contributed by atoms with van der Waals surface area (Å²) in [4.78, 5) is 2.31. The van der Waals surface area contributed by atoms with Crippen molar-refractivity contribution in [3.8, 4) is 0 Å². The molecular weight excluding hydrogens is 259 g/mol. The van der Waals surface area contributed by atoms with E-state index in [1.54, 1.807) is 0 Å². The second-order valence-corrected chi connectivity index (χ2v) is 6.14. The van der Waals surface area contributed by atoms with Crippen LogP contribution in [0.2, 0.25) is 0 Å². The lowest BCUT2D eigenvalue weighted by atomic mass is 10.2. The third-order valence-electron chi connectivity index (χ3n) is 2.93. The molecule has 0 saturated carbocycles. The summed E-state index contributed by atoms with van der Waals surface area (Å²) in [5.41, 5.74) is 0. The summed E-state index contributed by atoms with van der Waals surface area (Å²) < 4.78 is 22.3. The highest BCUT2D eigenvalue weighted by atomic mass is 35.5. The van der Waals surface area contributed by atoms with Gasteiger partial charge in [0.25, 0.3) is 0 Å². The lowest BCUT2D eigenvalue weighted by molar-refractivity contribution is 0.225. The maximum absolute atomic E-state index is 11.2. The monoisotopic (exact) mass is 276 g/mol. The molecule has 1 N–H and O–H groups in total. The Morgan fingerprint density at radius 2 is 1.73 bits per heavy atom. The Kier molecular flexibility index (Phi) is 6.44. The molecule has 2 aliphatic rings. The lowest BCUT2D eigenvalue weighted by Crippen LogP contribution is -2.46. The molecule has 0 aromatic heterocycles. The summed E-state index contributed by atoms with van der Waals surface area (Å²) in [5, 5.41) is 3.30. The summed E-state index contributed by atoms with van der Waals surface area (Å²) in [7, 11) is -2.71. The van der Waals surface area contributed by atoms with E-state index in [0.717, 1.165) is 26.2 Å². The molecule has 2 heterocycles. The summed E-state index contributed by atoms with van der Waals surface area (Å²) in [6.45, 7) is 3.57. The van der Waals surface area contributed by atoms with Crippen LogP contribution in [-0.4, -0.2) is 57.0 Å². The highest BCUT2D eigenvalue weighted by Crippen LogP contribution is 2.12. The van der Waals surface area contributed by atoms with Crippen molar-refractivity contribution in [2.24, 2.45) is 0 Å². The van der Waals surface area contributed by atoms with Gasteiger partial charge in [-0.25, -0.2) is 8.42 Å². The molecule has 0 amide bonds. The van der Waals surface area contributed by atoms with Gasteiger partial charge < -0.3 is 5.32 Å². The number of sulfone groups is 1. The SMILES string of the molecule is Cl.Cl.O=S1(=O)CCN(C2CCNC2)CC1. The predicted molar refractivity (Wildman–Crippen MR) is 66.0 cm³/mol. The topological polar surface area (TPSA) is 49.4 Å². The fraction of sp³-hybridized carbons (Fsp3) is 1.00. The first-order valence-corrected chi connectivity index (χ1v) is 6.65. The van der Waals surface area contributed by atoms with Gasteiger partial charge >= 0.3 is 0 Å². The number of rotatable bonds is 1. The zero-order chi connectivity index (χ0) is 9.31. The largest absolute Gasteiger partial charge is 0.315 e. The van der Waals surface area contributed by atoms with E-state index in [4.69, 9.17) is 0 Å². The number of halogens is 2. The molecule has 0 radical (unpaired) electrons. The van der Waals surface area contributed by atoms with Crippen molar-refractivity contribution in [3.05, 3.63) is 0 Å². The number of hydrogen-bond acceptors (Lipinski definition) is 4. The van der Waals surface area contributed by atoms with Gasteiger partial charge in [0.2, 0.25) is 0 Å². The van der Waals surface area contributed by atoms with Gasteiger partial charge in [-0.3, -0.25) is 4.90 Å². The van der Waals surface area contributed by atoms with Crippen molar-refractivity contribution in [2.75, 3.05) is 37.7 Å². The first-order valence-electron chi connectivity index (χ1n) is 4.82. The minimum absolute atomic E-state index is 0. The van der Waals surface area contributed by atoms with Gasteiger partial charge in [0.15, 0.2) is 9.84 Å². The van der Waals surface area contributed by atoms with Crippen molar-refractivity contribution in [2.45, 2.75) is 12.5 Å². The van der Waals surface area contributed by atoms with Crippen LogP contribution < -0.4 is 5.32 Å². The molecule has 1 unspecified atom stereocenters. The zero-order valence-corrected chi connectivity index (χ0v) is 11.0. The molecule has 0 aliphatic carbocycles. The summed E-state index contributed by atoms with van der Waals surface area (Å²) in [6.07, 6.45) is 1.17. The maximum Gasteiger partial charge on any atom is 0.152 e. The molecule has 2 aliphatic heterocycles. The molecule has 2 rings (SSSR count). The molecule has 1 atom stereocenters. The maximum atomic E-state index is 11.2. The normalized spacial score (nSPS) is 30.3. The van der Waals surface area contributed by atoms with E-state index in [9.17, 15) is 8.42 Å². The van der Waals surface area contributed by atoms with E-state index >= 15 is 0 Å². The van der Waals surface area contributed by atoms with E-state index in [1.807, 2.05) is 0 Å². The number of hydrogen-bond donors (Lipinski definition) is 1. The highest BCUT2D eigenvalue weighted by molar-refractivity contribution is 7.91. The molecule has 2 saturated heterocycles. The molecule has 0 aromatic carbocycles. The van der Waals surface area contributed by atoms with Crippen LogP contribution in [0, 0.1) is 0 Å². The lowest BCUT2D eigenvalue weighted by Gasteiger charge is -2.31. The first kappa shape index (κ1) is 15.4. The van der Waals surface area contributed by atoms with Gasteiger partial charge in [0.1, 0.15) is 0 Å². The van der Waals surface area contributed by atoms with Crippen LogP contribution in [0.3, 0.4) is 0 Å². The summed E-state index contributed by atoms with van der Waals surface area (Å²) in [6, 6.07) is 0.579. The second kappa shape index (κ2) is 6.25. The van der Waals surface area contributed by atoms with Crippen LogP contribution in [0.15, 0.2) is 0 Å². The molecule has 92 valence electrons. The Morgan fingerprint density at radius 3 is 2.20 bits per heavy atom. The Balaban J connectivity index is 0.000000980. The highest BCUT2D eigenvalue weighted by Gasteiger charge is 2.28. The van der Waals surface area contributed by atoms with E-state index in [2.05, 4.69) is 10.2 Å². The second-order valence-electron chi connectivity index (χ2n) is 3.83. The quantitative estimate of drug-likeness (QED) is 0.728. The van der Waals surface area contributed by atoms with Crippen LogP contribution in [0.25, 0.3) is 0 Å². The van der Waals surface area contributed by atoms with E-state index in [-0.39, 0.29) is 24.8 Å². The average Bonchev–Trinajstić information content (AvgIpc) is 2.56. The van der Waals surface area contributed by atoms with Crippen molar-refractivity contribution < 1.29 is 8.42 Å². The Bertz CT molecular complexity index is 264. The van der Waals surface area contributed by atoms with Crippen molar-refractivity contribution in [3.63, 3.8) is 0 Å². The molecule has 0 aromatic rings. The molecular formula is C8H18Cl2N2O2S. The smallest absolute Gasteiger partial charge is 0.152 e. The van der Waals surface area contributed by atoms with Gasteiger partial charge in [-0.2, -0.15) is 0 Å². The van der Waals surface area contributed by atoms with Crippen LogP contribution >= 0.6 is 24.8 Å². The van der Waals surface area contributed by atoms with Crippen LogP contribution in [-0.2, 0) is 9.84 Å². The van der Waals surface area contributed by atoms with Crippen molar-refractivity contribution >= 4 is 34.7 Å². The van der Waals surface area contributed by atoms with Gasteiger partial charge in [0.05, 0.1) is 11.5 Å². The van der Waals surface area contributed by atoms with Crippen LogP contribution in [0.5, 0.6) is 0 Å². The zero-order valence-electron chi connectivity index (χ0n) is 8.52. The average molecular weight is 277 g/mol. The van der Waals surface area contributed by atoms with Crippen LogP contribution in [0.1, 0.15) is 6.42 Å². The Hall–Kier alpha value is 0.450. The third-order valence-corrected chi connectivity index (χ3v) is 4.54. The third kappa shape index (κ3) is 4.07. The standard InChI is InChI=1S/C8H16N2O2S.2ClH/c11-13(12)5-3-10(4-6-13)8-1-2-9-7-8;;/h8-9H,1-7H2;2*1H. The van der Waals surface area contributed by atoms with E-state index < -0.39 is 9.84 Å². The fourth-order valence-corrected chi connectivity index (χ4v) is 3.27. The predicted octanol–water partition coefficient (Wildman–Crippen LogP) is -0.0777. The Labute approximate surface area is 104 Å². The first-order chi connectivity index (χ1) is 6.17. The fourth-order valence-electron chi connectivity index (χ4n) is 2.04. The molecule has 0 bridgehead atoms. The number of nitrogens with zero attached hydrogens (tertiary/aromatic N) is 1. The number of nitrogens with one attached hydrogen (secondary N) is 1. The minimum Gasteiger partial charge on any atom is -0.315 e. The summed E-state index contributed by atoms with van der Waals surface area (Å²) in [5.74, 6) is 0.701. The summed E-state index contributed by atoms with van der Waals surface area (Å²) >= 11 is 0. The molecule has 0 spiro atoms. The van der Waals surface area contributed by atoms with Crippen molar-refractivity contribution in [1.82, 2.24) is 10.2 Å². The van der Waals surface area contributed by atoms with Gasteiger partial charge in [-0.05, 0) is 13.0 Å². The molecule has 4 nitrogen and oxygen atoms in total. The van der Waals surface area contributed by atoms with Gasteiger partial charge in [-0.15, -0.1) is 24.8 Å². The molecule has 15 heavy (non-hydrogen) atoms. The van der Waals surface area contributed by atoms with Gasteiger partial charge in [-0.1, -0.05) is 0 Å². The van der Waals surface area contributed by atoms with Crippen molar-refractivity contribution in [1.29, 1.82) is 0 Å². The Morgan fingerprint density at radius 1 is 1.13 bits per heavy atom. The minimum atomic E-state index is -2.71. The van der Waals surface area contributed by atoms with Gasteiger partial charge in [0, 0.05) is 25.7 Å². The molecule has 2 fully saturated rings.